The number of benzene rings is 2. The van der Waals surface area contributed by atoms with Crippen molar-refractivity contribution in [3.8, 4) is 11.8 Å². The second kappa shape index (κ2) is 10.3. The van der Waals surface area contributed by atoms with Crippen LogP contribution >= 0.6 is 0 Å². The minimum Gasteiger partial charge on any atom is -0.497 e. The van der Waals surface area contributed by atoms with Crippen molar-refractivity contribution in [2.24, 2.45) is 0 Å². The van der Waals surface area contributed by atoms with Gasteiger partial charge in [-0.3, -0.25) is 9.59 Å². The summed E-state index contributed by atoms with van der Waals surface area (Å²) in [6, 6.07) is 14.8. The SMILES string of the molecule is CNC(=O)c1cccc(NC(=O)COC(=O)/C(C#N)=C/c2ccc(OC)cc2)c1. The maximum atomic E-state index is 12.1. The van der Waals surface area contributed by atoms with E-state index in [0.29, 0.717) is 22.6 Å². The number of carbonyl (C=O) groups excluding carboxylic acids is 3. The number of anilines is 1. The maximum absolute atomic E-state index is 12.1. The van der Waals surface area contributed by atoms with Crippen LogP contribution in [0.25, 0.3) is 6.08 Å². The van der Waals surface area contributed by atoms with E-state index in [9.17, 15) is 19.6 Å². The molecule has 0 fully saturated rings. The van der Waals surface area contributed by atoms with Gasteiger partial charge in [0.2, 0.25) is 0 Å². The van der Waals surface area contributed by atoms with Gasteiger partial charge in [-0.15, -0.1) is 0 Å². The topological polar surface area (TPSA) is 118 Å². The van der Waals surface area contributed by atoms with Gasteiger partial charge in [-0.2, -0.15) is 5.26 Å². The fourth-order valence-electron chi connectivity index (χ4n) is 2.29. The molecule has 0 bridgehead atoms. The predicted octanol–water partition coefficient (Wildman–Crippen LogP) is 2.14. The number of nitriles is 1. The van der Waals surface area contributed by atoms with Crippen molar-refractivity contribution < 1.29 is 23.9 Å². The van der Waals surface area contributed by atoms with Crippen LogP contribution in [-0.2, 0) is 14.3 Å². The van der Waals surface area contributed by atoms with E-state index in [2.05, 4.69) is 10.6 Å². The van der Waals surface area contributed by atoms with E-state index < -0.39 is 18.5 Å². The normalized spacial score (nSPS) is 10.4. The molecule has 0 aromatic heterocycles. The van der Waals surface area contributed by atoms with E-state index in [0.717, 1.165) is 0 Å². The van der Waals surface area contributed by atoms with Crippen LogP contribution in [-0.4, -0.2) is 38.5 Å². The lowest BCUT2D eigenvalue weighted by Gasteiger charge is -2.08. The van der Waals surface area contributed by atoms with Crippen molar-refractivity contribution >= 4 is 29.5 Å². The minimum atomic E-state index is -0.919. The molecule has 0 spiro atoms. The smallest absolute Gasteiger partial charge is 0.349 e. The lowest BCUT2D eigenvalue weighted by atomic mass is 10.1. The number of hydrogen-bond donors (Lipinski definition) is 2. The minimum absolute atomic E-state index is 0.246. The third-order valence-electron chi connectivity index (χ3n) is 3.74. The van der Waals surface area contributed by atoms with Crippen molar-refractivity contribution in [1.29, 1.82) is 5.26 Å². The van der Waals surface area contributed by atoms with Crippen molar-refractivity contribution in [3.63, 3.8) is 0 Å². The number of amides is 2. The molecule has 0 aliphatic heterocycles. The fourth-order valence-corrected chi connectivity index (χ4v) is 2.29. The molecule has 8 nitrogen and oxygen atoms in total. The van der Waals surface area contributed by atoms with Gasteiger partial charge in [0.1, 0.15) is 17.4 Å². The molecule has 2 rings (SSSR count). The summed E-state index contributed by atoms with van der Waals surface area (Å²) in [6.07, 6.45) is 1.35. The van der Waals surface area contributed by atoms with Crippen molar-refractivity contribution in [2.45, 2.75) is 0 Å². The van der Waals surface area contributed by atoms with Crippen LogP contribution in [0.15, 0.2) is 54.1 Å². The van der Waals surface area contributed by atoms with Gasteiger partial charge in [-0.25, -0.2) is 4.79 Å². The van der Waals surface area contributed by atoms with E-state index >= 15 is 0 Å². The molecular formula is C21H19N3O5. The van der Waals surface area contributed by atoms with Gasteiger partial charge in [0.05, 0.1) is 7.11 Å². The zero-order valence-electron chi connectivity index (χ0n) is 15.9. The Balaban J connectivity index is 1.96. The first-order valence-corrected chi connectivity index (χ1v) is 8.51. The molecule has 0 aliphatic rings. The van der Waals surface area contributed by atoms with Crippen molar-refractivity contribution in [3.05, 3.63) is 65.2 Å². The van der Waals surface area contributed by atoms with Gasteiger partial charge in [-0.05, 0) is 42.0 Å². The first-order chi connectivity index (χ1) is 14.0. The maximum Gasteiger partial charge on any atom is 0.349 e. The Morgan fingerprint density at radius 1 is 1.14 bits per heavy atom. The zero-order chi connectivity index (χ0) is 21.2. The van der Waals surface area contributed by atoms with Crippen LogP contribution in [0.3, 0.4) is 0 Å². The molecular weight excluding hydrogens is 374 g/mol. The Morgan fingerprint density at radius 3 is 2.48 bits per heavy atom. The third-order valence-corrected chi connectivity index (χ3v) is 3.74. The first-order valence-electron chi connectivity index (χ1n) is 8.51. The fraction of sp³-hybridized carbons (Fsp3) is 0.143. The zero-order valence-corrected chi connectivity index (χ0v) is 15.9. The van der Waals surface area contributed by atoms with Crippen LogP contribution in [0.2, 0.25) is 0 Å². The predicted molar refractivity (Wildman–Crippen MR) is 106 cm³/mol. The summed E-state index contributed by atoms with van der Waals surface area (Å²) in [5, 5.41) is 14.2. The summed E-state index contributed by atoms with van der Waals surface area (Å²) in [5.41, 5.74) is 1.11. The van der Waals surface area contributed by atoms with Gasteiger partial charge in [0.25, 0.3) is 11.8 Å². The highest BCUT2D eigenvalue weighted by Gasteiger charge is 2.14. The molecule has 0 aliphatic carbocycles. The highest BCUT2D eigenvalue weighted by Crippen LogP contribution is 2.15. The van der Waals surface area contributed by atoms with E-state index in [1.165, 1.54) is 26.3 Å². The second-order valence-corrected chi connectivity index (χ2v) is 5.73. The number of nitrogens with one attached hydrogen (secondary N) is 2. The average molecular weight is 393 g/mol. The van der Waals surface area contributed by atoms with Gasteiger partial charge >= 0.3 is 5.97 Å². The first kappa shape index (κ1) is 21.2. The van der Waals surface area contributed by atoms with Crippen LogP contribution in [0, 0.1) is 11.3 Å². The summed E-state index contributed by atoms with van der Waals surface area (Å²) < 4.78 is 9.94. The summed E-state index contributed by atoms with van der Waals surface area (Å²) in [6.45, 7) is -0.579. The number of methoxy groups -OCH3 is 1. The largest absolute Gasteiger partial charge is 0.497 e. The molecule has 0 atom stereocenters. The Hall–Kier alpha value is -4.12. The second-order valence-electron chi connectivity index (χ2n) is 5.73. The Labute approximate surface area is 167 Å². The van der Waals surface area contributed by atoms with E-state index in [1.54, 1.807) is 48.5 Å². The van der Waals surface area contributed by atoms with Crippen LogP contribution < -0.4 is 15.4 Å². The number of nitrogens with zero attached hydrogens (tertiary/aromatic N) is 1. The molecule has 0 heterocycles. The number of hydrogen-bond acceptors (Lipinski definition) is 6. The average Bonchev–Trinajstić information content (AvgIpc) is 2.75. The molecule has 2 aromatic rings. The van der Waals surface area contributed by atoms with Gasteiger partial charge < -0.3 is 20.1 Å². The standard InChI is InChI=1S/C21H19N3O5/c1-23-20(26)15-4-3-5-17(11-15)24-19(25)13-29-21(27)16(12-22)10-14-6-8-18(28-2)9-7-14/h3-11H,13H2,1-2H3,(H,23,26)(H,24,25)/b16-10+. The molecule has 2 N–H and O–H groups in total. The number of rotatable bonds is 7. The molecule has 0 radical (unpaired) electrons. The summed E-state index contributed by atoms with van der Waals surface area (Å²) in [4.78, 5) is 35.7. The quantitative estimate of drug-likeness (QED) is 0.423. The summed E-state index contributed by atoms with van der Waals surface area (Å²) >= 11 is 0. The molecule has 0 unspecified atom stereocenters. The Morgan fingerprint density at radius 2 is 1.86 bits per heavy atom. The monoisotopic (exact) mass is 393 g/mol. The lowest BCUT2D eigenvalue weighted by Crippen LogP contribution is -2.22. The lowest BCUT2D eigenvalue weighted by molar-refractivity contribution is -0.142. The Kier molecular flexibility index (Phi) is 7.51. The van der Waals surface area contributed by atoms with Crippen LogP contribution in [0.1, 0.15) is 15.9 Å². The summed E-state index contributed by atoms with van der Waals surface area (Å²) in [5.74, 6) is -1.18. The molecule has 2 amide bonds. The molecule has 0 saturated carbocycles. The number of carbonyl (C=O) groups is 3. The molecule has 8 heteroatoms. The molecule has 0 saturated heterocycles. The third kappa shape index (κ3) is 6.22. The van der Waals surface area contributed by atoms with Gasteiger partial charge in [0, 0.05) is 18.3 Å². The Bertz CT molecular complexity index is 975. The van der Waals surface area contributed by atoms with Gasteiger partial charge in [-0.1, -0.05) is 18.2 Å². The highest BCUT2D eigenvalue weighted by molar-refractivity contribution is 6.00. The van der Waals surface area contributed by atoms with E-state index in [1.807, 2.05) is 0 Å². The number of esters is 1. The highest BCUT2D eigenvalue weighted by atomic mass is 16.5. The van der Waals surface area contributed by atoms with Crippen molar-refractivity contribution in [1.82, 2.24) is 5.32 Å². The number of ether oxygens (including phenoxy) is 2. The van der Waals surface area contributed by atoms with Crippen LogP contribution in [0.4, 0.5) is 5.69 Å². The summed E-state index contributed by atoms with van der Waals surface area (Å²) in [7, 11) is 3.03. The molecule has 2 aromatic carbocycles. The van der Waals surface area contributed by atoms with E-state index in [-0.39, 0.29) is 11.5 Å². The van der Waals surface area contributed by atoms with Crippen molar-refractivity contribution in [2.75, 3.05) is 26.1 Å². The van der Waals surface area contributed by atoms with E-state index in [4.69, 9.17) is 9.47 Å². The van der Waals surface area contributed by atoms with Crippen LogP contribution in [0.5, 0.6) is 5.75 Å². The molecule has 148 valence electrons. The van der Waals surface area contributed by atoms with Gasteiger partial charge in [0.15, 0.2) is 6.61 Å². The molecule has 29 heavy (non-hydrogen) atoms.